The highest BCUT2D eigenvalue weighted by Gasteiger charge is 2.29. The van der Waals surface area contributed by atoms with Gasteiger partial charge in [0, 0.05) is 39.0 Å². The second-order valence-electron chi connectivity index (χ2n) is 8.55. The van der Waals surface area contributed by atoms with Gasteiger partial charge in [-0.2, -0.15) is 4.98 Å². The van der Waals surface area contributed by atoms with Crippen molar-refractivity contribution in [3.8, 4) is 5.69 Å². The van der Waals surface area contributed by atoms with E-state index in [4.69, 9.17) is 4.74 Å². The second kappa shape index (κ2) is 8.88. The predicted molar refractivity (Wildman–Crippen MR) is 126 cm³/mol. The fourth-order valence-electron chi connectivity index (χ4n) is 4.28. The van der Waals surface area contributed by atoms with Crippen molar-refractivity contribution in [2.24, 2.45) is 0 Å². The van der Waals surface area contributed by atoms with E-state index in [2.05, 4.69) is 50.3 Å². The molecule has 1 aromatic heterocycles. The van der Waals surface area contributed by atoms with Gasteiger partial charge in [-0.1, -0.05) is 13.0 Å². The lowest BCUT2D eigenvalue weighted by Crippen LogP contribution is -2.56. The zero-order chi connectivity index (χ0) is 22.1. The third-order valence-corrected chi connectivity index (χ3v) is 6.30. The first-order valence-corrected chi connectivity index (χ1v) is 11.2. The van der Waals surface area contributed by atoms with Crippen molar-refractivity contribution in [1.29, 1.82) is 0 Å². The molecule has 2 aliphatic rings. The summed E-state index contributed by atoms with van der Waals surface area (Å²) in [6, 6.07) is 12.1. The molecule has 7 nitrogen and oxygen atoms in total. The molecule has 0 radical (unpaired) electrons. The Morgan fingerprint density at radius 3 is 2.66 bits per heavy atom. The van der Waals surface area contributed by atoms with Gasteiger partial charge in [0.25, 0.3) is 0 Å². The molecular formula is C24H31FN6O. The standard InChI is InChI=1S/C24H29FN6O.H2/c1-3-18-11-19(13-20(12-18)29-6-8-30(9-7-29)21-14-32-15-21)27-24-26-16-31(28-24)23-10-17(2)4-5-22(23)25;/h4-5,10-13,16,21H,3,6-9,14-15H2,1-2H3,(H,27,28);1H. The first-order chi connectivity index (χ1) is 15.6. The van der Waals surface area contributed by atoms with Crippen LogP contribution in [0.15, 0.2) is 42.7 Å². The van der Waals surface area contributed by atoms with Crippen LogP contribution < -0.4 is 10.2 Å². The maximum Gasteiger partial charge on any atom is 0.246 e. The van der Waals surface area contributed by atoms with Crippen molar-refractivity contribution in [2.75, 3.05) is 49.6 Å². The number of rotatable bonds is 6. The van der Waals surface area contributed by atoms with Crippen LogP contribution in [0.1, 0.15) is 19.5 Å². The third kappa shape index (κ3) is 4.33. The van der Waals surface area contributed by atoms with Crippen molar-refractivity contribution in [1.82, 2.24) is 19.7 Å². The zero-order valence-corrected chi connectivity index (χ0v) is 18.6. The van der Waals surface area contributed by atoms with Crippen LogP contribution in [0, 0.1) is 12.7 Å². The number of halogens is 1. The Hall–Kier alpha value is -2.97. The number of anilines is 3. The molecule has 2 fully saturated rings. The first-order valence-electron chi connectivity index (χ1n) is 11.2. The SMILES string of the molecule is CCc1cc(Nc2ncn(-c3cc(C)ccc3F)n2)cc(N2CCN(C3COC3)CC2)c1.[HH]. The van der Waals surface area contributed by atoms with Gasteiger partial charge in [0.2, 0.25) is 5.95 Å². The highest BCUT2D eigenvalue weighted by molar-refractivity contribution is 5.64. The topological polar surface area (TPSA) is 58.5 Å². The average Bonchev–Trinajstić information content (AvgIpc) is 3.22. The van der Waals surface area contributed by atoms with Gasteiger partial charge in [-0.25, -0.2) is 9.07 Å². The minimum Gasteiger partial charge on any atom is -0.378 e. The summed E-state index contributed by atoms with van der Waals surface area (Å²) in [5, 5.41) is 7.75. The van der Waals surface area contributed by atoms with Gasteiger partial charge in [-0.05, 0) is 54.8 Å². The van der Waals surface area contributed by atoms with E-state index in [1.165, 1.54) is 28.3 Å². The van der Waals surface area contributed by atoms with Crippen molar-refractivity contribution in [2.45, 2.75) is 26.3 Å². The Morgan fingerprint density at radius 2 is 1.94 bits per heavy atom. The number of nitrogens with one attached hydrogen (secondary N) is 1. The van der Waals surface area contributed by atoms with Gasteiger partial charge in [0.15, 0.2) is 0 Å². The molecule has 3 heterocycles. The third-order valence-electron chi connectivity index (χ3n) is 6.30. The summed E-state index contributed by atoms with van der Waals surface area (Å²) in [6.45, 7) is 9.94. The molecule has 2 saturated heterocycles. The van der Waals surface area contributed by atoms with E-state index in [1.807, 2.05) is 6.92 Å². The molecule has 2 aliphatic heterocycles. The summed E-state index contributed by atoms with van der Waals surface area (Å²) in [7, 11) is 0. The minimum absolute atomic E-state index is 0. The van der Waals surface area contributed by atoms with E-state index >= 15 is 0 Å². The number of aromatic nitrogens is 3. The average molecular weight is 439 g/mol. The Balaban J connectivity index is 0.00000259. The number of aryl methyl sites for hydroxylation is 2. The number of ether oxygens (including phenoxy) is 1. The van der Waals surface area contributed by atoms with Crippen LogP contribution in [0.3, 0.4) is 0 Å². The maximum atomic E-state index is 14.2. The normalized spacial score (nSPS) is 17.4. The molecule has 0 aliphatic carbocycles. The lowest BCUT2D eigenvalue weighted by atomic mass is 10.1. The fraction of sp³-hybridized carbons (Fsp3) is 0.417. The van der Waals surface area contributed by atoms with Gasteiger partial charge in [0.05, 0.1) is 19.3 Å². The molecule has 2 aromatic carbocycles. The van der Waals surface area contributed by atoms with Crippen LogP contribution in [0.4, 0.5) is 21.7 Å². The van der Waals surface area contributed by atoms with E-state index in [0.717, 1.165) is 57.1 Å². The summed E-state index contributed by atoms with van der Waals surface area (Å²) in [5.41, 5.74) is 4.76. The largest absolute Gasteiger partial charge is 0.378 e. The minimum atomic E-state index is -0.324. The van der Waals surface area contributed by atoms with Crippen molar-refractivity contribution >= 4 is 17.3 Å². The summed E-state index contributed by atoms with van der Waals surface area (Å²) in [6.07, 6.45) is 2.48. The number of hydrogen-bond acceptors (Lipinski definition) is 6. The lowest BCUT2D eigenvalue weighted by Gasteiger charge is -2.43. The molecule has 3 aromatic rings. The summed E-state index contributed by atoms with van der Waals surface area (Å²) in [5.74, 6) is 0.120. The van der Waals surface area contributed by atoms with Crippen molar-refractivity contribution < 1.29 is 10.6 Å². The Morgan fingerprint density at radius 1 is 1.12 bits per heavy atom. The Kier molecular flexibility index (Phi) is 5.80. The lowest BCUT2D eigenvalue weighted by molar-refractivity contribution is -0.0660. The number of hydrogen-bond donors (Lipinski definition) is 1. The molecule has 1 N–H and O–H groups in total. The Labute approximate surface area is 189 Å². The van der Waals surface area contributed by atoms with Crippen LogP contribution in [0.25, 0.3) is 5.69 Å². The van der Waals surface area contributed by atoms with E-state index in [0.29, 0.717) is 17.7 Å². The molecular weight excluding hydrogens is 407 g/mol. The molecule has 0 bridgehead atoms. The Bertz CT molecular complexity index is 1090. The van der Waals surface area contributed by atoms with Gasteiger partial charge >= 0.3 is 0 Å². The van der Waals surface area contributed by atoms with Crippen LogP contribution in [-0.2, 0) is 11.2 Å². The smallest absolute Gasteiger partial charge is 0.246 e. The molecule has 32 heavy (non-hydrogen) atoms. The molecule has 5 rings (SSSR count). The number of benzene rings is 2. The van der Waals surface area contributed by atoms with Crippen molar-refractivity contribution in [3.63, 3.8) is 0 Å². The number of piperazine rings is 1. The number of nitrogens with zero attached hydrogens (tertiary/aromatic N) is 5. The fourth-order valence-corrected chi connectivity index (χ4v) is 4.28. The quantitative estimate of drug-likeness (QED) is 0.632. The maximum absolute atomic E-state index is 14.2. The predicted octanol–water partition coefficient (Wildman–Crippen LogP) is 3.79. The van der Waals surface area contributed by atoms with Gasteiger partial charge in [0.1, 0.15) is 17.8 Å². The zero-order valence-electron chi connectivity index (χ0n) is 18.6. The van der Waals surface area contributed by atoms with E-state index in [1.54, 1.807) is 12.1 Å². The van der Waals surface area contributed by atoms with Crippen LogP contribution in [0.5, 0.6) is 0 Å². The second-order valence-corrected chi connectivity index (χ2v) is 8.55. The molecule has 170 valence electrons. The van der Waals surface area contributed by atoms with Crippen LogP contribution >= 0.6 is 0 Å². The van der Waals surface area contributed by atoms with Gasteiger partial charge in [-0.15, -0.1) is 5.10 Å². The molecule has 0 spiro atoms. The van der Waals surface area contributed by atoms with E-state index < -0.39 is 0 Å². The highest BCUT2D eigenvalue weighted by atomic mass is 19.1. The summed E-state index contributed by atoms with van der Waals surface area (Å²) >= 11 is 0. The molecule has 0 atom stereocenters. The van der Waals surface area contributed by atoms with Crippen LogP contribution in [0.2, 0.25) is 0 Å². The molecule has 0 unspecified atom stereocenters. The van der Waals surface area contributed by atoms with Crippen LogP contribution in [-0.4, -0.2) is 65.1 Å². The highest BCUT2D eigenvalue weighted by Crippen LogP contribution is 2.27. The molecule has 0 saturated carbocycles. The molecule has 8 heteroatoms. The van der Waals surface area contributed by atoms with Gasteiger partial charge < -0.3 is 15.0 Å². The van der Waals surface area contributed by atoms with E-state index in [-0.39, 0.29) is 7.24 Å². The summed E-state index contributed by atoms with van der Waals surface area (Å²) < 4.78 is 21.0. The first kappa shape index (κ1) is 20.9. The summed E-state index contributed by atoms with van der Waals surface area (Å²) in [4.78, 5) is 9.31. The van der Waals surface area contributed by atoms with Gasteiger partial charge in [-0.3, -0.25) is 4.90 Å². The monoisotopic (exact) mass is 438 g/mol. The molecule has 0 amide bonds. The van der Waals surface area contributed by atoms with Crippen molar-refractivity contribution in [3.05, 3.63) is 59.7 Å². The van der Waals surface area contributed by atoms with E-state index in [9.17, 15) is 4.39 Å².